The van der Waals surface area contributed by atoms with Crippen molar-refractivity contribution in [3.63, 3.8) is 0 Å². The number of hydrogen-bond acceptors (Lipinski definition) is 6. The first-order chi connectivity index (χ1) is 12.2. The van der Waals surface area contributed by atoms with Crippen molar-refractivity contribution in [3.8, 4) is 17.5 Å². The van der Waals surface area contributed by atoms with Crippen molar-refractivity contribution >= 4 is 16.7 Å². The number of nitriles is 1. The van der Waals surface area contributed by atoms with Crippen molar-refractivity contribution in [2.75, 3.05) is 18.0 Å². The molecule has 0 spiro atoms. The number of pyridine rings is 2. The smallest absolute Gasteiger partial charge is 0.129 e. The van der Waals surface area contributed by atoms with Crippen LogP contribution in [0.2, 0.25) is 0 Å². The van der Waals surface area contributed by atoms with Gasteiger partial charge in [-0.15, -0.1) is 0 Å². The van der Waals surface area contributed by atoms with Crippen LogP contribution in [0.25, 0.3) is 22.3 Å². The van der Waals surface area contributed by atoms with E-state index in [1.807, 2.05) is 24.3 Å². The second-order valence-corrected chi connectivity index (χ2v) is 6.36. The highest BCUT2D eigenvalue weighted by molar-refractivity contribution is 5.91. The molecule has 1 aliphatic rings. The van der Waals surface area contributed by atoms with Crippen molar-refractivity contribution in [3.05, 3.63) is 36.2 Å². The number of fused-ring (bicyclic) bond motifs is 1. The number of aromatic nitrogens is 4. The van der Waals surface area contributed by atoms with E-state index in [1.54, 1.807) is 6.20 Å². The number of nitrogens with zero attached hydrogens (tertiary/aromatic N) is 5. The maximum absolute atomic E-state index is 8.89. The first-order valence-electron chi connectivity index (χ1n) is 8.42. The summed E-state index contributed by atoms with van der Waals surface area (Å²) in [4.78, 5) is 11.3. The maximum atomic E-state index is 8.89. The van der Waals surface area contributed by atoms with Gasteiger partial charge in [0.15, 0.2) is 0 Å². The fourth-order valence-corrected chi connectivity index (χ4v) is 3.28. The molecule has 7 heteroatoms. The average Bonchev–Trinajstić information content (AvgIpc) is 3.05. The van der Waals surface area contributed by atoms with Gasteiger partial charge in [0.1, 0.15) is 11.5 Å². The number of nitrogens with one attached hydrogen (secondary N) is 1. The van der Waals surface area contributed by atoms with Gasteiger partial charge in [-0.2, -0.15) is 10.4 Å². The number of H-pyrrole nitrogens is 1. The van der Waals surface area contributed by atoms with Crippen LogP contribution in [0.15, 0.2) is 30.5 Å². The molecule has 0 saturated carbocycles. The Morgan fingerprint density at radius 1 is 1.40 bits per heavy atom. The van der Waals surface area contributed by atoms with Gasteiger partial charge < -0.3 is 10.6 Å². The molecule has 1 atom stereocenters. The van der Waals surface area contributed by atoms with Crippen molar-refractivity contribution in [2.45, 2.75) is 25.3 Å². The highest BCUT2D eigenvalue weighted by Gasteiger charge is 2.19. The van der Waals surface area contributed by atoms with Crippen molar-refractivity contribution in [1.29, 1.82) is 5.26 Å². The zero-order chi connectivity index (χ0) is 17.2. The van der Waals surface area contributed by atoms with E-state index in [9.17, 15) is 0 Å². The van der Waals surface area contributed by atoms with Gasteiger partial charge in [-0.05, 0) is 31.0 Å². The predicted molar refractivity (Wildman–Crippen MR) is 95.9 cm³/mol. The summed E-state index contributed by atoms with van der Waals surface area (Å²) in [6.07, 6.45) is 4.14. The third kappa shape index (κ3) is 3.04. The van der Waals surface area contributed by atoms with Crippen molar-refractivity contribution in [2.24, 2.45) is 5.73 Å². The number of hydrogen-bond donors (Lipinski definition) is 2. The Hall–Kier alpha value is -2.98. The summed E-state index contributed by atoms with van der Waals surface area (Å²) in [7, 11) is 0. The Balaban J connectivity index is 1.72. The molecule has 4 rings (SSSR count). The molecule has 1 aliphatic heterocycles. The van der Waals surface area contributed by atoms with Crippen LogP contribution in [-0.2, 0) is 6.42 Å². The number of rotatable bonds is 3. The normalized spacial score (nSPS) is 17.6. The Morgan fingerprint density at radius 3 is 3.16 bits per heavy atom. The third-order valence-electron chi connectivity index (χ3n) is 4.52. The fraction of sp³-hybridized carbons (Fsp3) is 0.333. The van der Waals surface area contributed by atoms with Gasteiger partial charge >= 0.3 is 0 Å². The Morgan fingerprint density at radius 2 is 2.32 bits per heavy atom. The van der Waals surface area contributed by atoms with Crippen molar-refractivity contribution < 1.29 is 0 Å². The monoisotopic (exact) mass is 333 g/mol. The lowest BCUT2D eigenvalue weighted by Gasteiger charge is -2.31. The minimum absolute atomic E-state index is 0.199. The minimum Gasteiger partial charge on any atom is -0.355 e. The highest BCUT2D eigenvalue weighted by atomic mass is 15.2. The van der Waals surface area contributed by atoms with Crippen LogP contribution in [0.1, 0.15) is 18.5 Å². The minimum atomic E-state index is 0.199. The molecule has 3 N–H and O–H groups in total. The molecular formula is C18H19N7. The molecule has 7 nitrogen and oxygen atoms in total. The van der Waals surface area contributed by atoms with E-state index < -0.39 is 0 Å². The van der Waals surface area contributed by atoms with Crippen LogP contribution in [0, 0.1) is 11.3 Å². The molecule has 3 aromatic rings. The third-order valence-corrected chi connectivity index (χ3v) is 4.52. The van der Waals surface area contributed by atoms with E-state index in [-0.39, 0.29) is 12.5 Å². The molecule has 3 aromatic heterocycles. The summed E-state index contributed by atoms with van der Waals surface area (Å²) in [5.41, 5.74) is 9.24. The number of nitrogens with two attached hydrogens (primary N) is 1. The van der Waals surface area contributed by atoms with Crippen LogP contribution in [0.5, 0.6) is 0 Å². The maximum Gasteiger partial charge on any atom is 0.129 e. The molecule has 0 amide bonds. The zero-order valence-electron chi connectivity index (χ0n) is 13.8. The van der Waals surface area contributed by atoms with E-state index >= 15 is 0 Å². The number of piperidine rings is 1. The second kappa shape index (κ2) is 6.49. The quantitative estimate of drug-likeness (QED) is 0.759. The van der Waals surface area contributed by atoms with Gasteiger partial charge in [-0.1, -0.05) is 6.07 Å². The van der Waals surface area contributed by atoms with Gasteiger partial charge in [-0.25, -0.2) is 4.98 Å². The summed E-state index contributed by atoms with van der Waals surface area (Å²) in [5.74, 6) is 0.926. The summed E-state index contributed by atoms with van der Waals surface area (Å²) in [5, 5.41) is 17.2. The van der Waals surface area contributed by atoms with Crippen molar-refractivity contribution in [1.82, 2.24) is 20.2 Å². The fourth-order valence-electron chi connectivity index (χ4n) is 3.28. The molecule has 4 heterocycles. The Bertz CT molecular complexity index is 940. The number of aromatic amines is 1. The predicted octanol–water partition coefficient (Wildman–Crippen LogP) is 2.01. The van der Waals surface area contributed by atoms with Crippen LogP contribution >= 0.6 is 0 Å². The SMILES string of the molecule is N#CCc1cc2c(-c3cccc(N4CCC[C@H](N)C4)n3)n[nH]c2cn1. The molecule has 0 unspecified atom stereocenters. The largest absolute Gasteiger partial charge is 0.355 e. The summed E-state index contributed by atoms with van der Waals surface area (Å²) in [6, 6.07) is 10.2. The highest BCUT2D eigenvalue weighted by Crippen LogP contribution is 2.27. The topological polar surface area (TPSA) is 108 Å². The lowest BCUT2D eigenvalue weighted by Crippen LogP contribution is -2.43. The van der Waals surface area contributed by atoms with E-state index in [0.717, 1.165) is 59.7 Å². The van der Waals surface area contributed by atoms with Gasteiger partial charge in [0.05, 0.1) is 35.6 Å². The standard InChI is InChI=1S/C18H19N7/c19-7-6-13-9-14-16(10-21-13)23-24-18(14)15-4-1-5-17(22-15)25-8-2-3-12(20)11-25/h1,4-5,9-10,12H,2-3,6,8,11,20H2,(H,23,24)/t12-/m0/s1. The van der Waals surface area contributed by atoms with E-state index in [4.69, 9.17) is 16.0 Å². The summed E-state index contributed by atoms with van der Waals surface area (Å²) >= 11 is 0. The molecule has 126 valence electrons. The molecule has 1 saturated heterocycles. The second-order valence-electron chi connectivity index (χ2n) is 6.36. The van der Waals surface area contributed by atoms with Crippen LogP contribution < -0.4 is 10.6 Å². The lowest BCUT2D eigenvalue weighted by atomic mass is 10.1. The van der Waals surface area contributed by atoms with Crippen LogP contribution in [-0.4, -0.2) is 39.3 Å². The summed E-state index contributed by atoms with van der Waals surface area (Å²) < 4.78 is 0. The Labute approximate surface area is 145 Å². The van der Waals surface area contributed by atoms with E-state index in [1.165, 1.54) is 0 Å². The average molecular weight is 333 g/mol. The summed E-state index contributed by atoms with van der Waals surface area (Å²) in [6.45, 7) is 1.80. The van der Waals surface area contributed by atoms with E-state index in [2.05, 4.69) is 26.2 Å². The van der Waals surface area contributed by atoms with Gasteiger partial charge in [0.25, 0.3) is 0 Å². The van der Waals surface area contributed by atoms with Crippen LogP contribution in [0.4, 0.5) is 5.82 Å². The molecule has 0 radical (unpaired) electrons. The molecular weight excluding hydrogens is 314 g/mol. The van der Waals surface area contributed by atoms with Crippen LogP contribution in [0.3, 0.4) is 0 Å². The molecule has 0 aliphatic carbocycles. The molecule has 25 heavy (non-hydrogen) atoms. The zero-order valence-corrected chi connectivity index (χ0v) is 13.8. The Kier molecular flexibility index (Phi) is 4.04. The lowest BCUT2D eigenvalue weighted by molar-refractivity contribution is 0.503. The van der Waals surface area contributed by atoms with Gasteiger partial charge in [0, 0.05) is 24.5 Å². The first-order valence-corrected chi connectivity index (χ1v) is 8.42. The van der Waals surface area contributed by atoms with Gasteiger partial charge in [0.2, 0.25) is 0 Å². The molecule has 0 bridgehead atoms. The number of anilines is 1. The molecule has 1 fully saturated rings. The van der Waals surface area contributed by atoms with E-state index in [0.29, 0.717) is 0 Å². The molecule has 0 aromatic carbocycles. The first kappa shape index (κ1) is 15.5. The van der Waals surface area contributed by atoms with Gasteiger partial charge in [-0.3, -0.25) is 10.1 Å².